The average molecular weight is 267 g/mol. The maximum Gasteiger partial charge on any atom is 0.258 e. The molecule has 0 aromatic heterocycles. The van der Waals surface area contributed by atoms with Crippen LogP contribution in [0, 0.1) is 6.92 Å². The molecule has 0 spiro atoms. The molecule has 0 bridgehead atoms. The quantitative estimate of drug-likeness (QED) is 0.861. The number of fused-ring (bicyclic) bond motifs is 1. The molecule has 0 unspecified atom stereocenters. The summed E-state index contributed by atoms with van der Waals surface area (Å²) in [7, 11) is 0. The first-order valence-electron chi connectivity index (χ1n) is 6.87. The Labute approximate surface area is 118 Å². The third-order valence-corrected chi connectivity index (χ3v) is 3.82. The lowest BCUT2D eigenvalue weighted by Gasteiger charge is -2.30. The summed E-state index contributed by atoms with van der Waals surface area (Å²) in [6, 6.07) is 13.0. The van der Waals surface area contributed by atoms with Crippen LogP contribution in [0.15, 0.2) is 42.5 Å². The molecule has 2 aromatic carbocycles. The van der Waals surface area contributed by atoms with Crippen LogP contribution in [0.4, 0.5) is 5.69 Å². The summed E-state index contributed by atoms with van der Waals surface area (Å²) in [6.45, 7) is 2.58. The lowest BCUT2D eigenvalue weighted by molar-refractivity contribution is 0.0983. The number of benzene rings is 2. The molecule has 0 aliphatic carbocycles. The zero-order chi connectivity index (χ0) is 14.1. The zero-order valence-electron chi connectivity index (χ0n) is 11.5. The SMILES string of the molecule is Cc1ccccc1C(=O)N1CCCc2cccc(O)c21. The molecule has 3 rings (SSSR count). The van der Waals surface area contributed by atoms with E-state index >= 15 is 0 Å². The fraction of sp³-hybridized carbons (Fsp3) is 0.235. The summed E-state index contributed by atoms with van der Waals surface area (Å²) < 4.78 is 0. The lowest BCUT2D eigenvalue weighted by atomic mass is 9.99. The summed E-state index contributed by atoms with van der Waals surface area (Å²) in [4.78, 5) is 14.5. The van der Waals surface area contributed by atoms with Gasteiger partial charge in [0.2, 0.25) is 0 Å². The Bertz CT molecular complexity index is 664. The number of aryl methyl sites for hydroxylation is 2. The maximum absolute atomic E-state index is 12.8. The fourth-order valence-corrected chi connectivity index (χ4v) is 2.79. The highest BCUT2D eigenvalue weighted by Gasteiger charge is 2.26. The Morgan fingerprint density at radius 2 is 1.95 bits per heavy atom. The van der Waals surface area contributed by atoms with Crippen molar-refractivity contribution >= 4 is 11.6 Å². The van der Waals surface area contributed by atoms with Crippen LogP contribution in [0.2, 0.25) is 0 Å². The molecular formula is C17H17NO2. The van der Waals surface area contributed by atoms with Crippen molar-refractivity contribution < 1.29 is 9.90 Å². The molecule has 1 aliphatic heterocycles. The normalized spacial score (nSPS) is 13.9. The predicted molar refractivity (Wildman–Crippen MR) is 79.3 cm³/mol. The lowest BCUT2D eigenvalue weighted by Crippen LogP contribution is -2.35. The van der Waals surface area contributed by atoms with Crippen molar-refractivity contribution in [2.24, 2.45) is 0 Å². The molecule has 2 aromatic rings. The Morgan fingerprint density at radius 3 is 2.75 bits per heavy atom. The number of para-hydroxylation sites is 1. The van der Waals surface area contributed by atoms with Crippen molar-refractivity contribution in [1.29, 1.82) is 0 Å². The number of carbonyl (C=O) groups excluding carboxylic acids is 1. The second-order valence-electron chi connectivity index (χ2n) is 5.16. The van der Waals surface area contributed by atoms with Crippen molar-refractivity contribution in [3.63, 3.8) is 0 Å². The van der Waals surface area contributed by atoms with Gasteiger partial charge in [0.25, 0.3) is 5.91 Å². The van der Waals surface area contributed by atoms with E-state index in [1.165, 1.54) is 0 Å². The second kappa shape index (κ2) is 5.00. The van der Waals surface area contributed by atoms with Gasteiger partial charge in [-0.15, -0.1) is 0 Å². The largest absolute Gasteiger partial charge is 0.506 e. The van der Waals surface area contributed by atoms with Gasteiger partial charge in [0, 0.05) is 12.1 Å². The molecule has 1 N–H and O–H groups in total. The van der Waals surface area contributed by atoms with Crippen LogP contribution in [0.1, 0.15) is 27.9 Å². The number of amides is 1. The fourth-order valence-electron chi connectivity index (χ4n) is 2.79. The molecule has 3 heteroatoms. The van der Waals surface area contributed by atoms with Gasteiger partial charge in [-0.25, -0.2) is 0 Å². The summed E-state index contributed by atoms with van der Waals surface area (Å²) >= 11 is 0. The summed E-state index contributed by atoms with van der Waals surface area (Å²) in [5.41, 5.74) is 3.37. The van der Waals surface area contributed by atoms with Crippen molar-refractivity contribution in [3.05, 3.63) is 59.2 Å². The molecular weight excluding hydrogens is 250 g/mol. The number of anilines is 1. The van der Waals surface area contributed by atoms with Crippen molar-refractivity contribution in [1.82, 2.24) is 0 Å². The highest BCUT2D eigenvalue weighted by Crippen LogP contribution is 2.36. The number of rotatable bonds is 1. The van der Waals surface area contributed by atoms with E-state index in [1.54, 1.807) is 11.0 Å². The van der Waals surface area contributed by atoms with Gasteiger partial charge in [0.15, 0.2) is 0 Å². The van der Waals surface area contributed by atoms with Crippen molar-refractivity contribution in [3.8, 4) is 5.75 Å². The number of aromatic hydroxyl groups is 1. The van der Waals surface area contributed by atoms with Gasteiger partial charge in [0.1, 0.15) is 5.75 Å². The summed E-state index contributed by atoms with van der Waals surface area (Å²) in [5.74, 6) is 0.148. The molecule has 1 amide bonds. The Morgan fingerprint density at radius 1 is 1.15 bits per heavy atom. The van der Waals surface area contributed by atoms with Gasteiger partial charge < -0.3 is 10.0 Å². The van der Waals surface area contributed by atoms with Crippen molar-refractivity contribution in [2.45, 2.75) is 19.8 Å². The van der Waals surface area contributed by atoms with E-state index in [4.69, 9.17) is 0 Å². The number of nitrogens with zero attached hydrogens (tertiary/aromatic N) is 1. The van der Waals surface area contributed by atoms with E-state index in [9.17, 15) is 9.90 Å². The van der Waals surface area contributed by atoms with Gasteiger partial charge in [0.05, 0.1) is 5.69 Å². The van der Waals surface area contributed by atoms with E-state index in [1.807, 2.05) is 43.3 Å². The molecule has 0 saturated heterocycles. The molecule has 1 aliphatic rings. The molecule has 102 valence electrons. The zero-order valence-corrected chi connectivity index (χ0v) is 11.5. The number of hydrogen-bond acceptors (Lipinski definition) is 2. The van der Waals surface area contributed by atoms with Crippen LogP contribution >= 0.6 is 0 Å². The van der Waals surface area contributed by atoms with Crippen LogP contribution < -0.4 is 4.90 Å². The molecule has 1 heterocycles. The van der Waals surface area contributed by atoms with Gasteiger partial charge >= 0.3 is 0 Å². The minimum absolute atomic E-state index is 0.0365. The van der Waals surface area contributed by atoms with E-state index in [0.29, 0.717) is 17.8 Å². The number of phenolic OH excluding ortho intramolecular Hbond substituents is 1. The van der Waals surface area contributed by atoms with Crippen LogP contribution in [0.5, 0.6) is 5.75 Å². The first-order chi connectivity index (χ1) is 9.68. The summed E-state index contributed by atoms with van der Waals surface area (Å²) in [6.07, 6.45) is 1.83. The molecule has 3 nitrogen and oxygen atoms in total. The van der Waals surface area contributed by atoms with Crippen LogP contribution in [0.3, 0.4) is 0 Å². The van der Waals surface area contributed by atoms with Crippen molar-refractivity contribution in [2.75, 3.05) is 11.4 Å². The molecule has 0 atom stereocenters. The maximum atomic E-state index is 12.8. The second-order valence-corrected chi connectivity index (χ2v) is 5.16. The Balaban J connectivity index is 2.05. The monoisotopic (exact) mass is 267 g/mol. The number of hydrogen-bond donors (Lipinski definition) is 1. The van der Waals surface area contributed by atoms with E-state index < -0.39 is 0 Å². The standard InChI is InChI=1S/C17H17NO2/c1-12-6-2-3-9-14(12)17(20)18-11-5-8-13-7-4-10-15(19)16(13)18/h2-4,6-7,9-10,19H,5,8,11H2,1H3. The smallest absolute Gasteiger partial charge is 0.258 e. The van der Waals surface area contributed by atoms with Crippen LogP contribution in [-0.4, -0.2) is 17.6 Å². The highest BCUT2D eigenvalue weighted by atomic mass is 16.3. The van der Waals surface area contributed by atoms with Gasteiger partial charge in [-0.1, -0.05) is 30.3 Å². The highest BCUT2D eigenvalue weighted by molar-refractivity contribution is 6.08. The minimum atomic E-state index is -0.0365. The van der Waals surface area contributed by atoms with E-state index in [-0.39, 0.29) is 11.7 Å². The van der Waals surface area contributed by atoms with E-state index in [0.717, 1.165) is 24.0 Å². The molecule has 0 saturated carbocycles. The number of phenols is 1. The Hall–Kier alpha value is -2.29. The van der Waals surface area contributed by atoms with Crippen LogP contribution in [-0.2, 0) is 6.42 Å². The molecule has 0 radical (unpaired) electrons. The average Bonchev–Trinajstić information content (AvgIpc) is 2.47. The van der Waals surface area contributed by atoms with Gasteiger partial charge in [-0.05, 0) is 43.0 Å². The number of carbonyl (C=O) groups is 1. The van der Waals surface area contributed by atoms with Gasteiger partial charge in [-0.2, -0.15) is 0 Å². The van der Waals surface area contributed by atoms with Crippen LogP contribution in [0.25, 0.3) is 0 Å². The third-order valence-electron chi connectivity index (χ3n) is 3.82. The van der Waals surface area contributed by atoms with E-state index in [2.05, 4.69) is 0 Å². The summed E-state index contributed by atoms with van der Waals surface area (Å²) in [5, 5.41) is 10.1. The molecule has 0 fully saturated rings. The minimum Gasteiger partial charge on any atom is -0.506 e. The first-order valence-corrected chi connectivity index (χ1v) is 6.87. The molecule has 20 heavy (non-hydrogen) atoms. The predicted octanol–water partition coefficient (Wildman–Crippen LogP) is 3.29. The Kier molecular flexibility index (Phi) is 3.18. The third kappa shape index (κ3) is 2.05. The topological polar surface area (TPSA) is 40.5 Å². The van der Waals surface area contributed by atoms with Gasteiger partial charge in [-0.3, -0.25) is 4.79 Å². The first kappa shape index (κ1) is 12.7.